The fourth-order valence-corrected chi connectivity index (χ4v) is 2.58. The number of halogens is 1. The summed E-state index contributed by atoms with van der Waals surface area (Å²) < 4.78 is 6.24. The first-order chi connectivity index (χ1) is 10.5. The minimum absolute atomic E-state index is 0.311. The highest BCUT2D eigenvalue weighted by Gasteiger charge is 2.24. The van der Waals surface area contributed by atoms with Gasteiger partial charge in [0.25, 0.3) is 0 Å². The van der Waals surface area contributed by atoms with Gasteiger partial charge in [-0.3, -0.25) is 0 Å². The van der Waals surface area contributed by atoms with Crippen LogP contribution in [0, 0.1) is 13.8 Å². The number of nitrogens with zero attached hydrogens (tertiary/aromatic N) is 1. The standard InChI is InChI=1S/C18H14BrNO2/c1-11-6-7-14(8-12(11)2)17-20-16(18(21)22-17)10-13-4-3-5-15(19)9-13/h3-10H,1-2H3/b16-10-. The maximum Gasteiger partial charge on any atom is 0.363 e. The van der Waals surface area contributed by atoms with E-state index in [-0.39, 0.29) is 0 Å². The summed E-state index contributed by atoms with van der Waals surface area (Å²) in [7, 11) is 0. The molecular weight excluding hydrogens is 342 g/mol. The lowest BCUT2D eigenvalue weighted by Gasteiger charge is -2.03. The van der Waals surface area contributed by atoms with E-state index >= 15 is 0 Å². The van der Waals surface area contributed by atoms with Gasteiger partial charge >= 0.3 is 5.97 Å². The molecule has 0 aliphatic carbocycles. The predicted molar refractivity (Wildman–Crippen MR) is 90.7 cm³/mol. The number of aryl methyl sites for hydroxylation is 2. The molecule has 1 aliphatic rings. The quantitative estimate of drug-likeness (QED) is 0.591. The summed E-state index contributed by atoms with van der Waals surface area (Å²) in [5.74, 6) is -0.0671. The van der Waals surface area contributed by atoms with Crippen molar-refractivity contribution in [2.45, 2.75) is 13.8 Å². The Balaban J connectivity index is 1.96. The second-order valence-corrected chi connectivity index (χ2v) is 6.11. The number of carbonyl (C=O) groups excluding carboxylic acids is 1. The average Bonchev–Trinajstić information content (AvgIpc) is 2.83. The van der Waals surface area contributed by atoms with Gasteiger partial charge in [-0.25, -0.2) is 9.79 Å². The molecule has 0 bridgehead atoms. The monoisotopic (exact) mass is 355 g/mol. The summed E-state index contributed by atoms with van der Waals surface area (Å²) in [6.07, 6.45) is 1.72. The Morgan fingerprint density at radius 1 is 1.09 bits per heavy atom. The molecule has 0 radical (unpaired) electrons. The maximum absolute atomic E-state index is 12.0. The Morgan fingerprint density at radius 2 is 1.91 bits per heavy atom. The van der Waals surface area contributed by atoms with Crippen LogP contribution in [0.2, 0.25) is 0 Å². The first kappa shape index (κ1) is 14.7. The van der Waals surface area contributed by atoms with Gasteiger partial charge in [-0.05, 0) is 60.9 Å². The van der Waals surface area contributed by atoms with Crippen LogP contribution in [-0.2, 0) is 9.53 Å². The maximum atomic E-state index is 12.0. The van der Waals surface area contributed by atoms with E-state index in [1.807, 2.05) is 56.3 Å². The number of benzene rings is 2. The molecule has 2 aromatic rings. The lowest BCUT2D eigenvalue weighted by molar-refractivity contribution is -0.129. The van der Waals surface area contributed by atoms with Gasteiger partial charge < -0.3 is 4.74 Å². The Hall–Kier alpha value is -2.20. The SMILES string of the molecule is Cc1ccc(C2=N/C(=C\c3cccc(Br)c3)C(=O)O2)cc1C. The van der Waals surface area contributed by atoms with E-state index in [0.29, 0.717) is 11.6 Å². The molecule has 4 heteroatoms. The molecule has 0 spiro atoms. The molecule has 0 unspecified atom stereocenters. The van der Waals surface area contributed by atoms with Crippen molar-refractivity contribution in [3.63, 3.8) is 0 Å². The van der Waals surface area contributed by atoms with E-state index in [9.17, 15) is 4.79 Å². The Bertz CT molecular complexity index is 822. The van der Waals surface area contributed by atoms with Crippen LogP contribution in [0.4, 0.5) is 0 Å². The molecular formula is C18H14BrNO2. The average molecular weight is 356 g/mol. The van der Waals surface area contributed by atoms with Gasteiger partial charge in [0.2, 0.25) is 5.90 Å². The molecule has 2 aromatic carbocycles. The van der Waals surface area contributed by atoms with Crippen LogP contribution in [0.5, 0.6) is 0 Å². The number of carbonyl (C=O) groups is 1. The van der Waals surface area contributed by atoms with Gasteiger partial charge in [0.15, 0.2) is 5.70 Å². The third kappa shape index (κ3) is 3.02. The molecule has 3 rings (SSSR count). The van der Waals surface area contributed by atoms with Crippen molar-refractivity contribution in [1.82, 2.24) is 0 Å². The summed E-state index contributed by atoms with van der Waals surface area (Å²) in [4.78, 5) is 16.3. The van der Waals surface area contributed by atoms with Crippen molar-refractivity contribution in [2.75, 3.05) is 0 Å². The number of hydrogen-bond acceptors (Lipinski definition) is 3. The number of hydrogen-bond donors (Lipinski definition) is 0. The van der Waals surface area contributed by atoms with E-state index in [1.54, 1.807) is 6.08 Å². The van der Waals surface area contributed by atoms with Crippen molar-refractivity contribution in [3.05, 3.63) is 74.9 Å². The molecule has 0 saturated heterocycles. The molecule has 1 aliphatic heterocycles. The zero-order chi connectivity index (χ0) is 15.7. The minimum atomic E-state index is -0.423. The second-order valence-electron chi connectivity index (χ2n) is 5.19. The Kier molecular flexibility index (Phi) is 3.94. The van der Waals surface area contributed by atoms with Crippen LogP contribution < -0.4 is 0 Å². The van der Waals surface area contributed by atoms with Crippen LogP contribution in [0.3, 0.4) is 0 Å². The molecule has 0 saturated carbocycles. The minimum Gasteiger partial charge on any atom is -0.402 e. The summed E-state index contributed by atoms with van der Waals surface area (Å²) in [5.41, 5.74) is 4.35. The lowest BCUT2D eigenvalue weighted by Crippen LogP contribution is -2.05. The zero-order valence-corrected chi connectivity index (χ0v) is 13.8. The molecule has 0 amide bonds. The summed E-state index contributed by atoms with van der Waals surface area (Å²) >= 11 is 3.41. The number of ether oxygens (including phenoxy) is 1. The molecule has 22 heavy (non-hydrogen) atoms. The van der Waals surface area contributed by atoms with Gasteiger partial charge in [-0.2, -0.15) is 0 Å². The van der Waals surface area contributed by atoms with Crippen LogP contribution in [0.15, 0.2) is 57.6 Å². The third-order valence-electron chi connectivity index (χ3n) is 3.53. The van der Waals surface area contributed by atoms with Crippen molar-refractivity contribution in [2.24, 2.45) is 4.99 Å². The van der Waals surface area contributed by atoms with Gasteiger partial charge in [0, 0.05) is 10.0 Å². The number of rotatable bonds is 2. The Labute approximate surface area is 137 Å². The predicted octanol–water partition coefficient (Wildman–Crippen LogP) is 4.41. The van der Waals surface area contributed by atoms with E-state index in [1.165, 1.54) is 5.56 Å². The van der Waals surface area contributed by atoms with E-state index in [4.69, 9.17) is 4.74 Å². The van der Waals surface area contributed by atoms with Crippen molar-refractivity contribution in [1.29, 1.82) is 0 Å². The zero-order valence-electron chi connectivity index (χ0n) is 12.3. The highest BCUT2D eigenvalue weighted by Crippen LogP contribution is 2.21. The van der Waals surface area contributed by atoms with E-state index < -0.39 is 5.97 Å². The summed E-state index contributed by atoms with van der Waals surface area (Å²) in [6, 6.07) is 13.6. The van der Waals surface area contributed by atoms with Gasteiger partial charge in [0.05, 0.1) is 0 Å². The normalized spacial score (nSPS) is 15.9. The largest absolute Gasteiger partial charge is 0.402 e. The molecule has 0 N–H and O–H groups in total. The fourth-order valence-electron chi connectivity index (χ4n) is 2.16. The molecule has 110 valence electrons. The van der Waals surface area contributed by atoms with Crippen molar-refractivity contribution >= 4 is 33.9 Å². The first-order valence-electron chi connectivity index (χ1n) is 6.89. The number of esters is 1. The van der Waals surface area contributed by atoms with Crippen molar-refractivity contribution < 1.29 is 9.53 Å². The van der Waals surface area contributed by atoms with Crippen molar-refractivity contribution in [3.8, 4) is 0 Å². The van der Waals surface area contributed by atoms with Crippen LogP contribution >= 0.6 is 15.9 Å². The van der Waals surface area contributed by atoms with Crippen LogP contribution in [-0.4, -0.2) is 11.9 Å². The molecule has 3 nitrogen and oxygen atoms in total. The first-order valence-corrected chi connectivity index (χ1v) is 7.68. The van der Waals surface area contributed by atoms with Gasteiger partial charge in [0.1, 0.15) is 0 Å². The van der Waals surface area contributed by atoms with Gasteiger partial charge in [-0.15, -0.1) is 0 Å². The topological polar surface area (TPSA) is 38.7 Å². The van der Waals surface area contributed by atoms with E-state index in [2.05, 4.69) is 20.9 Å². The molecule has 0 fully saturated rings. The molecule has 1 heterocycles. The molecule has 0 aromatic heterocycles. The molecule has 0 atom stereocenters. The summed E-state index contributed by atoms with van der Waals surface area (Å²) in [6.45, 7) is 4.06. The lowest BCUT2D eigenvalue weighted by atomic mass is 10.1. The number of aliphatic imine (C=N–C) groups is 1. The van der Waals surface area contributed by atoms with Crippen LogP contribution in [0.25, 0.3) is 6.08 Å². The van der Waals surface area contributed by atoms with E-state index in [0.717, 1.165) is 21.2 Å². The number of cyclic esters (lactones) is 1. The second kappa shape index (κ2) is 5.89. The van der Waals surface area contributed by atoms with Gasteiger partial charge in [-0.1, -0.05) is 34.1 Å². The summed E-state index contributed by atoms with van der Waals surface area (Å²) in [5, 5.41) is 0. The smallest absolute Gasteiger partial charge is 0.363 e. The highest BCUT2D eigenvalue weighted by atomic mass is 79.9. The fraction of sp³-hybridized carbons (Fsp3) is 0.111. The highest BCUT2D eigenvalue weighted by molar-refractivity contribution is 9.10. The Morgan fingerprint density at radius 3 is 2.64 bits per heavy atom. The van der Waals surface area contributed by atoms with Crippen LogP contribution in [0.1, 0.15) is 22.3 Å². The third-order valence-corrected chi connectivity index (χ3v) is 4.02.